The molecule has 34 heavy (non-hydrogen) atoms. The molecule has 0 spiro atoms. The molecule has 194 valence electrons. The Kier molecular flexibility index (Phi) is 13.7. The number of rotatable bonds is 18. The number of nitrogens with zero attached hydrogens (tertiary/aromatic N) is 3. The highest BCUT2D eigenvalue weighted by Crippen LogP contribution is 2.31. The van der Waals surface area contributed by atoms with E-state index in [1.54, 1.807) is 0 Å². The third kappa shape index (κ3) is 10.0. The van der Waals surface area contributed by atoms with Crippen LogP contribution in [-0.4, -0.2) is 52.2 Å². The highest BCUT2D eigenvalue weighted by Gasteiger charge is 2.36. The normalized spacial score (nSPS) is 19.0. The molecule has 0 N–H and O–H groups in total. The van der Waals surface area contributed by atoms with Gasteiger partial charge >= 0.3 is 5.97 Å². The first-order chi connectivity index (χ1) is 16.5. The fourth-order valence-corrected chi connectivity index (χ4v) is 5.03. The molecule has 0 amide bonds. The van der Waals surface area contributed by atoms with Gasteiger partial charge < -0.3 is 9.47 Å². The molecule has 2 atom stereocenters. The molecule has 2 rings (SSSR count). The topological polar surface area (TPSA) is 61.3 Å². The number of quaternary nitrogens is 1. The summed E-state index contributed by atoms with van der Waals surface area (Å²) in [6, 6.07) is 0. The Morgan fingerprint density at radius 1 is 1.00 bits per heavy atom. The van der Waals surface area contributed by atoms with Crippen molar-refractivity contribution in [1.29, 1.82) is 0 Å². The van der Waals surface area contributed by atoms with Gasteiger partial charge in [0, 0.05) is 25.3 Å². The Labute approximate surface area is 212 Å². The first-order valence-corrected chi connectivity index (χ1v) is 14.4. The van der Waals surface area contributed by atoms with Crippen molar-refractivity contribution in [3.05, 3.63) is 11.8 Å². The zero-order chi connectivity index (χ0) is 24.7. The van der Waals surface area contributed by atoms with Crippen molar-refractivity contribution < 1.29 is 18.8 Å². The zero-order valence-electron chi connectivity index (χ0n) is 22.2. The van der Waals surface area contributed by atoms with Gasteiger partial charge in [0.1, 0.15) is 12.2 Å². The Hall–Kier alpha value is -1.47. The van der Waals surface area contributed by atoms with Crippen molar-refractivity contribution in [3.8, 4) is 5.88 Å². The Bertz CT molecular complexity index is 736. The maximum Gasteiger partial charge on any atom is 0.310 e. The number of esters is 1. The predicted molar refractivity (Wildman–Crippen MR) is 141 cm³/mol. The SMILES string of the molecule is CCCCCCCCCCC(=O)OC(C)[N+]1(C)CCC=C(c2nsnc2OCCCCCC)C1. The standard InChI is InChI=1S/C27H48N3O3S/c1-5-7-9-11-12-13-14-15-19-25(31)33-23(3)30(4)20-17-18-24(22-30)26-27(29-34-28-26)32-21-16-10-8-6-2/h18,23H,5-17,19-22H2,1-4H3/q+1. The molecule has 0 radical (unpaired) electrons. The third-order valence-corrected chi connectivity index (χ3v) is 7.49. The molecule has 6 nitrogen and oxygen atoms in total. The highest BCUT2D eigenvalue weighted by molar-refractivity contribution is 6.99. The Morgan fingerprint density at radius 2 is 1.65 bits per heavy atom. The van der Waals surface area contributed by atoms with E-state index >= 15 is 0 Å². The lowest BCUT2D eigenvalue weighted by Crippen LogP contribution is -2.55. The number of aromatic nitrogens is 2. The smallest absolute Gasteiger partial charge is 0.310 e. The van der Waals surface area contributed by atoms with Crippen LogP contribution in [-0.2, 0) is 9.53 Å². The summed E-state index contributed by atoms with van der Waals surface area (Å²) < 4.78 is 21.5. The second-order valence-corrected chi connectivity index (χ2v) is 10.5. The molecular weight excluding hydrogens is 446 g/mol. The molecule has 1 aromatic rings. The van der Waals surface area contributed by atoms with E-state index in [1.807, 2.05) is 6.92 Å². The minimum atomic E-state index is -0.185. The monoisotopic (exact) mass is 494 g/mol. The van der Waals surface area contributed by atoms with Gasteiger partial charge in [-0.15, -0.1) is 4.37 Å². The largest absolute Gasteiger partial charge is 0.475 e. The molecule has 0 saturated carbocycles. The van der Waals surface area contributed by atoms with Crippen LogP contribution in [0.3, 0.4) is 0 Å². The molecule has 0 fully saturated rings. The van der Waals surface area contributed by atoms with Gasteiger partial charge in [0.15, 0.2) is 0 Å². The number of hydrogen-bond acceptors (Lipinski definition) is 6. The number of carbonyl (C=O) groups is 1. The maximum absolute atomic E-state index is 12.5. The van der Waals surface area contributed by atoms with E-state index in [4.69, 9.17) is 9.47 Å². The lowest BCUT2D eigenvalue weighted by Gasteiger charge is -2.41. The van der Waals surface area contributed by atoms with Crippen molar-refractivity contribution >= 4 is 23.3 Å². The lowest BCUT2D eigenvalue weighted by atomic mass is 10.0. The van der Waals surface area contributed by atoms with Crippen LogP contribution < -0.4 is 4.74 Å². The average molecular weight is 495 g/mol. The van der Waals surface area contributed by atoms with Crippen molar-refractivity contribution in [1.82, 2.24) is 8.75 Å². The average Bonchev–Trinajstić information content (AvgIpc) is 3.29. The second-order valence-electron chi connectivity index (χ2n) is 10.0. The Morgan fingerprint density at radius 3 is 2.35 bits per heavy atom. The minimum Gasteiger partial charge on any atom is -0.475 e. The molecule has 0 aliphatic carbocycles. The maximum atomic E-state index is 12.5. The van der Waals surface area contributed by atoms with Crippen molar-refractivity contribution in [2.24, 2.45) is 0 Å². The van der Waals surface area contributed by atoms with Gasteiger partial charge in [-0.3, -0.25) is 9.28 Å². The van der Waals surface area contributed by atoms with Gasteiger partial charge in [-0.25, -0.2) is 0 Å². The van der Waals surface area contributed by atoms with Gasteiger partial charge in [-0.2, -0.15) is 4.37 Å². The summed E-state index contributed by atoms with van der Waals surface area (Å²) >= 11 is 1.21. The first kappa shape index (κ1) is 28.8. The van der Waals surface area contributed by atoms with Crippen LogP contribution in [0.2, 0.25) is 0 Å². The molecule has 1 aliphatic rings. The summed E-state index contributed by atoms with van der Waals surface area (Å²) in [5, 5.41) is 0. The van der Waals surface area contributed by atoms with Crippen LogP contribution in [0.4, 0.5) is 0 Å². The predicted octanol–water partition coefficient (Wildman–Crippen LogP) is 7.15. The molecule has 0 bridgehead atoms. The van der Waals surface area contributed by atoms with Gasteiger partial charge in [0.05, 0.1) is 31.9 Å². The molecule has 2 heterocycles. The molecule has 2 unspecified atom stereocenters. The summed E-state index contributed by atoms with van der Waals surface area (Å²) in [4.78, 5) is 12.5. The van der Waals surface area contributed by atoms with Crippen molar-refractivity contribution in [2.45, 2.75) is 117 Å². The quantitative estimate of drug-likeness (QED) is 0.123. The fraction of sp³-hybridized carbons (Fsp3) is 0.815. The van der Waals surface area contributed by atoms with Gasteiger partial charge in [0.25, 0.3) is 5.88 Å². The number of hydrogen-bond donors (Lipinski definition) is 0. The van der Waals surface area contributed by atoms with Crippen LogP contribution in [0.5, 0.6) is 5.88 Å². The number of unbranched alkanes of at least 4 members (excludes halogenated alkanes) is 10. The summed E-state index contributed by atoms with van der Waals surface area (Å²) in [5.74, 6) is 0.584. The number of ether oxygens (including phenoxy) is 2. The van der Waals surface area contributed by atoms with Gasteiger partial charge in [-0.1, -0.05) is 84.1 Å². The minimum absolute atomic E-state index is 0.0691. The van der Waals surface area contributed by atoms with E-state index in [-0.39, 0.29) is 12.2 Å². The van der Waals surface area contributed by atoms with Crippen LogP contribution >= 0.6 is 11.7 Å². The highest BCUT2D eigenvalue weighted by atomic mass is 32.1. The lowest BCUT2D eigenvalue weighted by molar-refractivity contribution is -0.944. The zero-order valence-corrected chi connectivity index (χ0v) is 23.0. The molecule has 7 heteroatoms. The Balaban J connectivity index is 1.76. The summed E-state index contributed by atoms with van der Waals surface area (Å²) in [6.45, 7) is 8.88. The van der Waals surface area contributed by atoms with Crippen LogP contribution in [0.1, 0.15) is 116 Å². The van der Waals surface area contributed by atoms with Crippen LogP contribution in [0.15, 0.2) is 6.08 Å². The second kappa shape index (κ2) is 16.2. The van der Waals surface area contributed by atoms with E-state index in [9.17, 15) is 4.79 Å². The fourth-order valence-electron chi connectivity index (χ4n) is 4.50. The van der Waals surface area contributed by atoms with Crippen molar-refractivity contribution in [3.63, 3.8) is 0 Å². The number of carbonyl (C=O) groups excluding carboxylic acids is 1. The summed E-state index contributed by atoms with van der Waals surface area (Å²) in [6.07, 6.45) is 18.0. The molecule has 0 saturated heterocycles. The van der Waals surface area contributed by atoms with E-state index < -0.39 is 0 Å². The van der Waals surface area contributed by atoms with Gasteiger partial charge in [0.2, 0.25) is 6.23 Å². The number of likely N-dealkylation sites (N-methyl/N-ethyl adjacent to an activating group) is 1. The summed E-state index contributed by atoms with van der Waals surface area (Å²) in [7, 11) is 2.17. The van der Waals surface area contributed by atoms with Crippen molar-refractivity contribution in [2.75, 3.05) is 26.7 Å². The molecule has 1 aromatic heterocycles. The van der Waals surface area contributed by atoms with E-state index in [0.29, 0.717) is 23.4 Å². The van der Waals surface area contributed by atoms with Crippen LogP contribution in [0, 0.1) is 0 Å². The molecular formula is C27H48N3O3S+. The third-order valence-electron chi connectivity index (χ3n) is 6.98. The first-order valence-electron chi connectivity index (χ1n) is 13.7. The van der Waals surface area contributed by atoms with E-state index in [0.717, 1.165) is 50.0 Å². The van der Waals surface area contributed by atoms with E-state index in [2.05, 4.69) is 35.7 Å². The molecule has 1 aliphatic heterocycles. The summed E-state index contributed by atoms with van der Waals surface area (Å²) in [5.41, 5.74) is 2.01. The molecule has 0 aromatic carbocycles. The van der Waals surface area contributed by atoms with E-state index in [1.165, 1.54) is 69.5 Å². The van der Waals surface area contributed by atoms with Crippen LogP contribution in [0.25, 0.3) is 5.57 Å². The van der Waals surface area contributed by atoms with Gasteiger partial charge in [-0.05, 0) is 12.8 Å².